The largest absolute Gasteiger partial charge is 0.373 e. The monoisotopic (exact) mass is 617 g/mol. The van der Waals surface area contributed by atoms with E-state index in [-0.39, 0.29) is 6.04 Å². The van der Waals surface area contributed by atoms with Crippen LogP contribution in [0.25, 0.3) is 21.8 Å². The fraction of sp³-hybridized carbons (Fsp3) is 0.0606. The van der Waals surface area contributed by atoms with E-state index in [4.69, 9.17) is 23.2 Å². The minimum atomic E-state index is -0.262. The second-order valence-corrected chi connectivity index (χ2v) is 11.2. The predicted molar refractivity (Wildman–Crippen MR) is 175 cm³/mol. The third-order valence-corrected chi connectivity index (χ3v) is 8.00. The molecule has 3 heterocycles. The van der Waals surface area contributed by atoms with E-state index in [1.807, 2.05) is 89.9 Å². The Morgan fingerprint density at radius 3 is 2.55 bits per heavy atom. The molecule has 1 atom stereocenters. The van der Waals surface area contributed by atoms with Crippen molar-refractivity contribution >= 4 is 62.1 Å². The number of pyridine rings is 1. The lowest BCUT2D eigenvalue weighted by Gasteiger charge is -2.22. The molecule has 44 heavy (non-hydrogen) atoms. The summed E-state index contributed by atoms with van der Waals surface area (Å²) in [4.78, 5) is 4.52. The maximum atomic E-state index is 10.0. The van der Waals surface area contributed by atoms with Gasteiger partial charge in [-0.2, -0.15) is 15.9 Å². The van der Waals surface area contributed by atoms with Crippen LogP contribution in [-0.2, 0) is 6.54 Å². The fourth-order valence-electron chi connectivity index (χ4n) is 5.33. The molecule has 0 unspecified atom stereocenters. The van der Waals surface area contributed by atoms with Gasteiger partial charge in [-0.3, -0.25) is 9.67 Å². The van der Waals surface area contributed by atoms with Crippen LogP contribution in [0, 0.1) is 11.3 Å². The first-order valence-electron chi connectivity index (χ1n) is 13.8. The summed E-state index contributed by atoms with van der Waals surface area (Å²) in [6, 6.07) is 29.7. The van der Waals surface area contributed by atoms with Crippen LogP contribution in [0.2, 0.25) is 10.0 Å². The van der Waals surface area contributed by atoms with Gasteiger partial charge < -0.3 is 21.5 Å². The lowest BCUT2D eigenvalue weighted by Crippen LogP contribution is -2.33. The Balaban J connectivity index is 1.25. The maximum Gasteiger partial charge on any atom is 0.103 e. The van der Waals surface area contributed by atoms with Crippen molar-refractivity contribution in [2.75, 3.05) is 10.6 Å². The van der Waals surface area contributed by atoms with Crippen LogP contribution in [0.15, 0.2) is 109 Å². The van der Waals surface area contributed by atoms with Gasteiger partial charge in [-0.05, 0) is 53.6 Å². The fourth-order valence-corrected chi connectivity index (χ4v) is 5.72. The predicted octanol–water partition coefficient (Wildman–Crippen LogP) is 7.16. The molecular weight excluding hydrogens is 593 g/mol. The normalized spacial score (nSPS) is 13.2. The van der Waals surface area contributed by atoms with Gasteiger partial charge in [0.15, 0.2) is 0 Å². The van der Waals surface area contributed by atoms with Crippen LogP contribution in [0.1, 0.15) is 22.7 Å². The van der Waals surface area contributed by atoms with Gasteiger partial charge in [0.05, 0.1) is 51.8 Å². The van der Waals surface area contributed by atoms with Gasteiger partial charge in [0.2, 0.25) is 0 Å². The topological polar surface area (TPSA) is 115 Å². The second-order valence-electron chi connectivity index (χ2n) is 10.3. The number of hydrogen-bond acceptors (Lipinski definition) is 8. The first-order valence-corrected chi connectivity index (χ1v) is 14.6. The van der Waals surface area contributed by atoms with Gasteiger partial charge >= 0.3 is 0 Å². The molecule has 0 radical (unpaired) electrons. The first kappa shape index (κ1) is 27.6. The van der Waals surface area contributed by atoms with Crippen LogP contribution in [-0.4, -0.2) is 14.8 Å². The van der Waals surface area contributed by atoms with Crippen molar-refractivity contribution < 1.29 is 0 Å². The zero-order chi connectivity index (χ0) is 30.0. The van der Waals surface area contributed by atoms with Gasteiger partial charge in [0.25, 0.3) is 0 Å². The van der Waals surface area contributed by atoms with E-state index in [0.717, 1.165) is 33.5 Å². The van der Waals surface area contributed by atoms with Crippen molar-refractivity contribution in [2.45, 2.75) is 12.6 Å². The number of hydrazine groups is 2. The molecule has 0 aliphatic carbocycles. The lowest BCUT2D eigenvalue weighted by atomic mass is 10.0. The Kier molecular flexibility index (Phi) is 7.38. The molecule has 6 aromatic rings. The van der Waals surface area contributed by atoms with Crippen LogP contribution in [0.3, 0.4) is 0 Å². The van der Waals surface area contributed by atoms with E-state index in [9.17, 15) is 5.26 Å². The van der Waals surface area contributed by atoms with E-state index in [1.54, 1.807) is 6.20 Å². The molecule has 0 bridgehead atoms. The molecule has 0 saturated carbocycles. The number of nitrogens with zero attached hydrogens (tertiary/aromatic N) is 4. The zero-order valence-corrected chi connectivity index (χ0v) is 24.7. The van der Waals surface area contributed by atoms with Gasteiger partial charge in [0, 0.05) is 39.6 Å². The average Bonchev–Trinajstić information content (AvgIpc) is 3.72. The van der Waals surface area contributed by atoms with Crippen LogP contribution in [0.4, 0.5) is 17.1 Å². The Morgan fingerprint density at radius 1 is 0.932 bits per heavy atom. The molecule has 0 saturated heterocycles. The number of aromatic nitrogens is 3. The average molecular weight is 619 g/mol. The number of anilines is 3. The van der Waals surface area contributed by atoms with E-state index in [0.29, 0.717) is 38.7 Å². The molecule has 11 heteroatoms. The molecule has 216 valence electrons. The zero-order valence-electron chi connectivity index (χ0n) is 23.1. The first-order chi connectivity index (χ1) is 21.6. The van der Waals surface area contributed by atoms with Crippen LogP contribution < -0.4 is 27.0 Å². The molecule has 7 rings (SSSR count). The van der Waals surface area contributed by atoms with Crippen molar-refractivity contribution in [2.24, 2.45) is 0 Å². The molecule has 0 spiro atoms. The number of nitrogens with one attached hydrogen (secondary N) is 5. The lowest BCUT2D eigenvalue weighted by molar-refractivity contribution is 0.583. The minimum absolute atomic E-state index is 0.262. The summed E-state index contributed by atoms with van der Waals surface area (Å²) in [6.07, 6.45) is 5.24. The summed E-state index contributed by atoms with van der Waals surface area (Å²) < 4.78 is 1.98. The number of nitriles is 1. The smallest absolute Gasteiger partial charge is 0.103 e. The maximum absolute atomic E-state index is 10.0. The highest BCUT2D eigenvalue weighted by atomic mass is 35.5. The van der Waals surface area contributed by atoms with Crippen molar-refractivity contribution in [3.8, 4) is 6.07 Å². The van der Waals surface area contributed by atoms with Crippen molar-refractivity contribution in [1.29, 1.82) is 5.26 Å². The minimum Gasteiger partial charge on any atom is -0.373 e. The Hall–Kier alpha value is -5.27. The van der Waals surface area contributed by atoms with Crippen molar-refractivity contribution in [3.63, 3.8) is 0 Å². The molecule has 9 nitrogen and oxygen atoms in total. The Labute approximate surface area is 263 Å². The Bertz CT molecular complexity index is 2070. The molecular formula is C33H25Cl2N9. The van der Waals surface area contributed by atoms with Gasteiger partial charge in [-0.1, -0.05) is 65.7 Å². The van der Waals surface area contributed by atoms with Gasteiger partial charge in [-0.15, -0.1) is 0 Å². The number of benzene rings is 4. The molecule has 0 amide bonds. The highest BCUT2D eigenvalue weighted by Crippen LogP contribution is 2.37. The number of fused-ring (bicyclic) bond motifs is 2. The van der Waals surface area contributed by atoms with Gasteiger partial charge in [-0.25, -0.2) is 0 Å². The van der Waals surface area contributed by atoms with E-state index >= 15 is 0 Å². The number of halogens is 2. The summed E-state index contributed by atoms with van der Waals surface area (Å²) in [5.41, 5.74) is 16.2. The molecule has 0 fully saturated rings. The van der Waals surface area contributed by atoms with Crippen LogP contribution in [0.5, 0.6) is 0 Å². The summed E-state index contributed by atoms with van der Waals surface area (Å²) in [5.74, 6) is 0. The number of hydrogen-bond donors (Lipinski definition) is 5. The standard InChI is InChI=1S/C33H25Cl2N9/c34-24-8-6-21(7-9-24)32(29-18-38-43-42-29)41-26-13-27-31(23(15-36)16-37-33(27)28(35)14-26)40-25-10-11-30-22(12-25)17-39-44(30)19-20-4-2-1-3-5-20/h1-14,16-18,32,38,41-43H,19H2,(H,37,40)/t32-/m0/s1. The quantitative estimate of drug-likeness (QED) is 0.122. The highest BCUT2D eigenvalue weighted by Gasteiger charge is 2.21. The molecule has 1 aliphatic rings. The second kappa shape index (κ2) is 11.8. The van der Waals surface area contributed by atoms with E-state index in [2.05, 4.69) is 55.3 Å². The molecule has 4 aromatic carbocycles. The SMILES string of the molecule is N#Cc1cnc2c(Cl)cc(N[C@H](C3=CNNN3)c3ccc(Cl)cc3)cc2c1Nc1ccc2c(cnn2Cc2ccccc2)c1. The van der Waals surface area contributed by atoms with Gasteiger partial charge in [0.1, 0.15) is 6.07 Å². The van der Waals surface area contributed by atoms with Crippen LogP contribution >= 0.6 is 23.2 Å². The third kappa shape index (κ3) is 5.45. The summed E-state index contributed by atoms with van der Waals surface area (Å²) in [5, 5.41) is 24.5. The molecule has 5 N–H and O–H groups in total. The van der Waals surface area contributed by atoms with Crippen molar-refractivity contribution in [1.82, 2.24) is 31.2 Å². The van der Waals surface area contributed by atoms with E-state index in [1.165, 1.54) is 5.56 Å². The Morgan fingerprint density at radius 2 is 1.77 bits per heavy atom. The molecule has 2 aromatic heterocycles. The summed E-state index contributed by atoms with van der Waals surface area (Å²) in [6.45, 7) is 0.675. The highest BCUT2D eigenvalue weighted by molar-refractivity contribution is 6.36. The number of rotatable bonds is 8. The third-order valence-electron chi connectivity index (χ3n) is 7.46. The molecule has 1 aliphatic heterocycles. The van der Waals surface area contributed by atoms with E-state index < -0.39 is 0 Å². The summed E-state index contributed by atoms with van der Waals surface area (Å²) >= 11 is 13.0. The summed E-state index contributed by atoms with van der Waals surface area (Å²) in [7, 11) is 0. The van der Waals surface area contributed by atoms with Crippen molar-refractivity contribution in [3.05, 3.63) is 136 Å².